The highest BCUT2D eigenvalue weighted by molar-refractivity contribution is 5.37. The van der Waals surface area contributed by atoms with E-state index in [1.807, 2.05) is 0 Å². The van der Waals surface area contributed by atoms with E-state index in [-0.39, 0.29) is 17.2 Å². The molecule has 6 heteroatoms. The fraction of sp³-hybridized carbons (Fsp3) is 0.600. The molecule has 0 heterocycles. The van der Waals surface area contributed by atoms with E-state index in [0.29, 0.717) is 5.56 Å². The van der Waals surface area contributed by atoms with Crippen molar-refractivity contribution < 1.29 is 17.9 Å². The summed E-state index contributed by atoms with van der Waals surface area (Å²) in [7, 11) is 0. The molecular weight excluding hydrogens is 281 g/mol. The third-order valence-electron chi connectivity index (χ3n) is 4.32. The van der Waals surface area contributed by atoms with Gasteiger partial charge >= 0.3 is 6.36 Å². The molecule has 0 bridgehead atoms. The molecule has 0 aliphatic heterocycles. The third kappa shape index (κ3) is 3.89. The molecule has 3 N–H and O–H groups in total. The van der Waals surface area contributed by atoms with Gasteiger partial charge in [0.25, 0.3) is 0 Å². The zero-order valence-electron chi connectivity index (χ0n) is 12.0. The number of hydrogen-bond donors (Lipinski definition) is 2. The Hall–Kier alpha value is -1.27. The molecule has 0 amide bonds. The van der Waals surface area contributed by atoms with Gasteiger partial charge in [0, 0.05) is 5.56 Å². The van der Waals surface area contributed by atoms with Crippen molar-refractivity contribution in [2.45, 2.75) is 51.4 Å². The quantitative estimate of drug-likeness (QED) is 0.651. The molecule has 1 aromatic rings. The van der Waals surface area contributed by atoms with Crippen molar-refractivity contribution in [1.82, 2.24) is 5.43 Å². The second-order valence-electron chi connectivity index (χ2n) is 5.90. The standard InChI is InChI=1S/C15H21F3N2O/c1-14(9-5-2-6-10-14)13(20-19)11-7-3-4-8-12(11)21-15(16,17)18/h3-4,7-8,13,20H,2,5-6,9-10,19H2,1H3. The first-order chi connectivity index (χ1) is 9.86. The van der Waals surface area contributed by atoms with Gasteiger partial charge in [0.15, 0.2) is 0 Å². The molecule has 0 spiro atoms. The number of alkyl halides is 3. The first-order valence-electron chi connectivity index (χ1n) is 7.16. The van der Waals surface area contributed by atoms with E-state index in [1.165, 1.54) is 12.1 Å². The smallest absolute Gasteiger partial charge is 0.405 e. The summed E-state index contributed by atoms with van der Waals surface area (Å²) in [5.74, 6) is 5.49. The van der Waals surface area contributed by atoms with E-state index in [2.05, 4.69) is 17.1 Å². The minimum absolute atomic E-state index is 0.169. The summed E-state index contributed by atoms with van der Waals surface area (Å²) in [5.41, 5.74) is 3.00. The van der Waals surface area contributed by atoms with Crippen LogP contribution in [0.4, 0.5) is 13.2 Å². The van der Waals surface area contributed by atoms with Gasteiger partial charge in [-0.2, -0.15) is 0 Å². The number of rotatable bonds is 4. The molecule has 2 rings (SSSR count). The maximum Gasteiger partial charge on any atom is 0.573 e. The van der Waals surface area contributed by atoms with Gasteiger partial charge in [0.2, 0.25) is 0 Å². The van der Waals surface area contributed by atoms with Crippen LogP contribution in [0.3, 0.4) is 0 Å². The molecule has 0 aromatic heterocycles. The zero-order chi connectivity index (χ0) is 15.5. The van der Waals surface area contributed by atoms with Crippen molar-refractivity contribution in [2.75, 3.05) is 0 Å². The van der Waals surface area contributed by atoms with E-state index in [1.54, 1.807) is 12.1 Å². The minimum Gasteiger partial charge on any atom is -0.405 e. The lowest BCUT2D eigenvalue weighted by Crippen LogP contribution is -2.41. The summed E-state index contributed by atoms with van der Waals surface area (Å²) in [6.07, 6.45) is 0.453. The van der Waals surface area contributed by atoms with E-state index < -0.39 is 6.36 Å². The van der Waals surface area contributed by atoms with Gasteiger partial charge in [-0.1, -0.05) is 44.4 Å². The van der Waals surface area contributed by atoms with Crippen molar-refractivity contribution in [3.8, 4) is 5.75 Å². The minimum atomic E-state index is -4.71. The van der Waals surface area contributed by atoms with Crippen LogP contribution in [-0.4, -0.2) is 6.36 Å². The van der Waals surface area contributed by atoms with Crippen molar-refractivity contribution >= 4 is 0 Å². The predicted octanol–water partition coefficient (Wildman–Crippen LogP) is 4.06. The highest BCUT2D eigenvalue weighted by Gasteiger charge is 2.39. The van der Waals surface area contributed by atoms with Crippen LogP contribution in [0.5, 0.6) is 5.75 Å². The largest absolute Gasteiger partial charge is 0.573 e. The number of hydrogen-bond acceptors (Lipinski definition) is 3. The number of benzene rings is 1. The summed E-state index contributed by atoms with van der Waals surface area (Å²) in [6, 6.07) is 5.85. The average Bonchev–Trinajstić information content (AvgIpc) is 2.40. The number of nitrogens with two attached hydrogens (primary N) is 1. The molecule has 1 aromatic carbocycles. The molecule has 0 saturated heterocycles. The Morgan fingerprint density at radius 2 is 1.81 bits per heavy atom. The van der Waals surface area contributed by atoms with Crippen LogP contribution in [0.1, 0.15) is 50.6 Å². The van der Waals surface area contributed by atoms with E-state index in [0.717, 1.165) is 32.1 Å². The Morgan fingerprint density at radius 3 is 2.38 bits per heavy atom. The van der Waals surface area contributed by atoms with Gasteiger partial charge in [-0.15, -0.1) is 13.2 Å². The van der Waals surface area contributed by atoms with Gasteiger partial charge in [-0.05, 0) is 24.3 Å². The molecule has 0 radical (unpaired) electrons. The Morgan fingerprint density at radius 1 is 1.19 bits per heavy atom. The van der Waals surface area contributed by atoms with Crippen LogP contribution in [-0.2, 0) is 0 Å². The first-order valence-corrected chi connectivity index (χ1v) is 7.16. The maximum absolute atomic E-state index is 12.6. The van der Waals surface area contributed by atoms with E-state index in [4.69, 9.17) is 5.84 Å². The van der Waals surface area contributed by atoms with Crippen LogP contribution in [0.2, 0.25) is 0 Å². The summed E-state index contributed by atoms with van der Waals surface area (Å²) >= 11 is 0. The number of halogens is 3. The Bertz CT molecular complexity index is 470. The van der Waals surface area contributed by atoms with E-state index >= 15 is 0 Å². The molecule has 118 valence electrons. The topological polar surface area (TPSA) is 47.3 Å². The lowest BCUT2D eigenvalue weighted by atomic mass is 9.68. The number of nitrogens with one attached hydrogen (secondary N) is 1. The molecule has 1 atom stereocenters. The lowest BCUT2D eigenvalue weighted by molar-refractivity contribution is -0.275. The average molecular weight is 302 g/mol. The Labute approximate surface area is 122 Å². The first kappa shape index (κ1) is 16.1. The monoisotopic (exact) mass is 302 g/mol. The molecule has 21 heavy (non-hydrogen) atoms. The molecule has 1 unspecified atom stereocenters. The molecule has 1 aliphatic rings. The molecule has 1 saturated carbocycles. The van der Waals surface area contributed by atoms with Gasteiger partial charge in [0.1, 0.15) is 5.75 Å². The fourth-order valence-corrected chi connectivity index (χ4v) is 3.25. The highest BCUT2D eigenvalue weighted by atomic mass is 19.4. The Balaban J connectivity index is 2.33. The molecule has 1 fully saturated rings. The second-order valence-corrected chi connectivity index (χ2v) is 5.90. The molecule has 3 nitrogen and oxygen atoms in total. The zero-order valence-corrected chi connectivity index (χ0v) is 12.0. The molecule has 1 aliphatic carbocycles. The van der Waals surface area contributed by atoms with Crippen LogP contribution in [0.15, 0.2) is 24.3 Å². The van der Waals surface area contributed by atoms with Crippen LogP contribution in [0.25, 0.3) is 0 Å². The van der Waals surface area contributed by atoms with Gasteiger partial charge in [0.05, 0.1) is 6.04 Å². The SMILES string of the molecule is CC1(C(NN)c2ccccc2OC(F)(F)F)CCCCC1. The Kier molecular flexibility index (Phi) is 4.78. The summed E-state index contributed by atoms with van der Waals surface area (Å²) in [5, 5.41) is 0. The summed E-state index contributed by atoms with van der Waals surface area (Å²) < 4.78 is 41.8. The lowest BCUT2D eigenvalue weighted by Gasteiger charge is -2.41. The predicted molar refractivity (Wildman–Crippen MR) is 74.4 cm³/mol. The van der Waals surface area contributed by atoms with Crippen LogP contribution >= 0.6 is 0 Å². The summed E-state index contributed by atoms with van der Waals surface area (Å²) in [4.78, 5) is 0. The highest BCUT2D eigenvalue weighted by Crippen LogP contribution is 2.47. The van der Waals surface area contributed by atoms with Crippen molar-refractivity contribution in [3.63, 3.8) is 0 Å². The third-order valence-corrected chi connectivity index (χ3v) is 4.32. The van der Waals surface area contributed by atoms with Crippen LogP contribution in [0, 0.1) is 5.41 Å². The van der Waals surface area contributed by atoms with Gasteiger partial charge in [-0.25, -0.2) is 0 Å². The number of ether oxygens (including phenoxy) is 1. The van der Waals surface area contributed by atoms with Crippen molar-refractivity contribution in [2.24, 2.45) is 11.3 Å². The normalized spacial score (nSPS) is 20.0. The number of hydrazine groups is 1. The van der Waals surface area contributed by atoms with Crippen LogP contribution < -0.4 is 16.0 Å². The fourth-order valence-electron chi connectivity index (χ4n) is 3.25. The van der Waals surface area contributed by atoms with Crippen molar-refractivity contribution in [1.29, 1.82) is 0 Å². The summed E-state index contributed by atoms with van der Waals surface area (Å²) in [6.45, 7) is 2.07. The number of para-hydroxylation sites is 1. The van der Waals surface area contributed by atoms with Gasteiger partial charge in [-0.3, -0.25) is 11.3 Å². The van der Waals surface area contributed by atoms with Crippen molar-refractivity contribution in [3.05, 3.63) is 29.8 Å². The maximum atomic E-state index is 12.6. The molecular formula is C15H21F3N2O. The second kappa shape index (κ2) is 6.23. The van der Waals surface area contributed by atoms with Gasteiger partial charge < -0.3 is 4.74 Å². The van der Waals surface area contributed by atoms with E-state index in [9.17, 15) is 13.2 Å².